The fourth-order valence-corrected chi connectivity index (χ4v) is 5.08. The van der Waals surface area contributed by atoms with Gasteiger partial charge in [0.1, 0.15) is 0 Å². The Morgan fingerprint density at radius 3 is 1.24 bits per heavy atom. The molecule has 4 N–H and O–H groups in total. The van der Waals surface area contributed by atoms with Crippen molar-refractivity contribution in [2.45, 2.75) is 0 Å². The van der Waals surface area contributed by atoms with Gasteiger partial charge in [-0.1, -0.05) is 84.9 Å². The number of carbonyl (C=O) groups is 2. The summed E-state index contributed by atoms with van der Waals surface area (Å²) in [6, 6.07) is 41.3. The molecule has 0 aliphatic heterocycles. The lowest BCUT2D eigenvalue weighted by Gasteiger charge is -2.10. The predicted octanol–water partition coefficient (Wildman–Crippen LogP) is 7.30. The molecule has 2 heterocycles. The third-order valence-electron chi connectivity index (χ3n) is 7.42. The molecule has 0 aliphatic rings. The van der Waals surface area contributed by atoms with Gasteiger partial charge in [-0.15, -0.1) is 0 Å². The molecular weight excluding hydrogens is 572 g/mol. The highest BCUT2D eigenvalue weighted by atomic mass is 16.2. The van der Waals surface area contributed by atoms with Crippen LogP contribution >= 0.6 is 0 Å². The molecule has 0 atom stereocenters. The van der Waals surface area contributed by atoms with E-state index in [1.54, 1.807) is 24.3 Å². The molecule has 0 bridgehead atoms. The van der Waals surface area contributed by atoms with Crippen molar-refractivity contribution in [3.8, 4) is 0 Å². The SMILES string of the molecule is O=C(N/C(=C/c1ccc(/C=C(/NC(=O)c2ccccc2)c2nc3ccccc3[nH]2)cc1)c1nc2ccccc2[nH]1)c1ccccc1. The number of para-hydroxylation sites is 4. The summed E-state index contributed by atoms with van der Waals surface area (Å²) >= 11 is 0. The Kier molecular flexibility index (Phi) is 7.73. The molecule has 222 valence electrons. The minimum Gasteiger partial charge on any atom is -0.337 e. The zero-order valence-electron chi connectivity index (χ0n) is 24.6. The monoisotopic (exact) mass is 600 g/mol. The van der Waals surface area contributed by atoms with E-state index in [4.69, 9.17) is 9.97 Å². The molecule has 5 aromatic carbocycles. The van der Waals surface area contributed by atoms with Crippen molar-refractivity contribution >= 4 is 57.4 Å². The number of aromatic nitrogens is 4. The van der Waals surface area contributed by atoms with Gasteiger partial charge in [0.15, 0.2) is 11.6 Å². The maximum absolute atomic E-state index is 13.2. The number of carbonyl (C=O) groups excluding carboxylic acids is 2. The van der Waals surface area contributed by atoms with E-state index in [-0.39, 0.29) is 11.8 Å². The Morgan fingerprint density at radius 1 is 0.478 bits per heavy atom. The molecule has 7 rings (SSSR count). The minimum absolute atomic E-state index is 0.239. The number of aromatic amines is 2. The van der Waals surface area contributed by atoms with E-state index in [1.165, 1.54) is 0 Å². The summed E-state index contributed by atoms with van der Waals surface area (Å²) < 4.78 is 0. The van der Waals surface area contributed by atoms with Crippen LogP contribution in [0.15, 0.2) is 133 Å². The Labute approximate surface area is 264 Å². The van der Waals surface area contributed by atoms with Crippen LogP contribution in [0.4, 0.5) is 0 Å². The Hall–Kier alpha value is -6.54. The number of nitrogens with zero attached hydrogens (tertiary/aromatic N) is 2. The van der Waals surface area contributed by atoms with E-state index in [0.717, 1.165) is 33.2 Å². The number of benzene rings is 5. The molecule has 2 amide bonds. The highest BCUT2D eigenvalue weighted by molar-refractivity contribution is 6.03. The van der Waals surface area contributed by atoms with Crippen molar-refractivity contribution < 1.29 is 9.59 Å². The number of rotatable bonds is 8. The third-order valence-corrected chi connectivity index (χ3v) is 7.42. The van der Waals surface area contributed by atoms with Gasteiger partial charge >= 0.3 is 0 Å². The van der Waals surface area contributed by atoms with Gasteiger partial charge in [-0.3, -0.25) is 9.59 Å². The van der Waals surface area contributed by atoms with Crippen LogP contribution in [0, 0.1) is 0 Å². The molecule has 0 saturated carbocycles. The van der Waals surface area contributed by atoms with Crippen LogP contribution in [0.5, 0.6) is 0 Å². The first kappa shape index (κ1) is 28.2. The molecule has 0 aliphatic carbocycles. The van der Waals surface area contributed by atoms with Crippen molar-refractivity contribution in [3.05, 3.63) is 167 Å². The fourth-order valence-electron chi connectivity index (χ4n) is 5.08. The lowest BCUT2D eigenvalue weighted by molar-refractivity contribution is 0.0965. The minimum atomic E-state index is -0.239. The molecular formula is C38H28N6O2. The van der Waals surface area contributed by atoms with Crippen LogP contribution < -0.4 is 10.6 Å². The van der Waals surface area contributed by atoms with Gasteiger partial charge < -0.3 is 20.6 Å². The first-order valence-electron chi connectivity index (χ1n) is 14.8. The third kappa shape index (κ3) is 6.22. The molecule has 46 heavy (non-hydrogen) atoms. The van der Waals surface area contributed by atoms with Crippen LogP contribution in [0.3, 0.4) is 0 Å². The number of imidazole rings is 2. The molecule has 8 heteroatoms. The standard InChI is InChI=1S/C38H28N6O2/c45-37(27-11-3-1-4-12-27)43-33(35-39-29-15-7-8-16-30(29)40-35)23-25-19-21-26(22-20-25)24-34(44-38(46)28-13-5-2-6-14-28)36-41-31-17-9-10-18-32(31)42-36/h1-24H,(H,39,40)(H,41,42)(H,43,45)(H,44,46)/b33-23+,34-24+. The van der Waals surface area contributed by atoms with Gasteiger partial charge in [0.05, 0.1) is 33.5 Å². The van der Waals surface area contributed by atoms with Gasteiger partial charge in [0.25, 0.3) is 11.8 Å². The number of nitrogens with one attached hydrogen (secondary N) is 4. The van der Waals surface area contributed by atoms with Crippen molar-refractivity contribution in [3.63, 3.8) is 0 Å². The first-order chi connectivity index (χ1) is 22.6. The van der Waals surface area contributed by atoms with E-state index in [0.29, 0.717) is 34.2 Å². The number of H-pyrrole nitrogens is 2. The second-order valence-corrected chi connectivity index (χ2v) is 10.6. The molecule has 0 spiro atoms. The molecule has 0 fully saturated rings. The second kappa shape index (κ2) is 12.6. The Bertz CT molecular complexity index is 2000. The fraction of sp³-hybridized carbons (Fsp3) is 0. The predicted molar refractivity (Wildman–Crippen MR) is 182 cm³/mol. The second-order valence-electron chi connectivity index (χ2n) is 10.6. The van der Waals surface area contributed by atoms with Crippen LogP contribution in [0.2, 0.25) is 0 Å². The number of hydrogen-bond donors (Lipinski definition) is 4. The summed E-state index contributed by atoms with van der Waals surface area (Å²) in [6.45, 7) is 0. The van der Waals surface area contributed by atoms with Crippen LogP contribution in [-0.4, -0.2) is 31.8 Å². The molecule has 2 aromatic heterocycles. The summed E-state index contributed by atoms with van der Waals surface area (Å²) in [5.74, 6) is 0.614. The van der Waals surface area contributed by atoms with E-state index in [1.807, 2.05) is 121 Å². The van der Waals surface area contributed by atoms with E-state index < -0.39 is 0 Å². The smallest absolute Gasteiger partial charge is 0.255 e. The zero-order valence-corrected chi connectivity index (χ0v) is 24.6. The average molecular weight is 601 g/mol. The molecule has 0 saturated heterocycles. The summed E-state index contributed by atoms with van der Waals surface area (Å²) in [5, 5.41) is 6.07. The van der Waals surface area contributed by atoms with Crippen molar-refractivity contribution in [1.82, 2.24) is 30.6 Å². The summed E-state index contributed by atoms with van der Waals surface area (Å²) in [5.41, 5.74) is 7.18. The molecule has 7 aromatic rings. The Balaban J connectivity index is 1.22. The van der Waals surface area contributed by atoms with E-state index >= 15 is 0 Å². The van der Waals surface area contributed by atoms with Crippen molar-refractivity contribution in [2.24, 2.45) is 0 Å². The summed E-state index contributed by atoms with van der Waals surface area (Å²) in [6.07, 6.45) is 3.76. The van der Waals surface area contributed by atoms with Crippen LogP contribution in [0.25, 0.3) is 45.6 Å². The van der Waals surface area contributed by atoms with Crippen LogP contribution in [-0.2, 0) is 0 Å². The number of fused-ring (bicyclic) bond motifs is 2. The van der Waals surface area contributed by atoms with Crippen molar-refractivity contribution in [2.75, 3.05) is 0 Å². The quantitative estimate of drug-likeness (QED) is 0.147. The van der Waals surface area contributed by atoms with Gasteiger partial charge in [0.2, 0.25) is 0 Å². The lowest BCUT2D eigenvalue weighted by Crippen LogP contribution is -2.22. The highest BCUT2D eigenvalue weighted by Gasteiger charge is 2.15. The molecule has 0 radical (unpaired) electrons. The van der Waals surface area contributed by atoms with E-state index in [9.17, 15) is 9.59 Å². The van der Waals surface area contributed by atoms with E-state index in [2.05, 4.69) is 20.6 Å². The average Bonchev–Trinajstić information content (AvgIpc) is 3.74. The van der Waals surface area contributed by atoms with Crippen molar-refractivity contribution in [1.29, 1.82) is 0 Å². The summed E-state index contributed by atoms with van der Waals surface area (Å²) in [4.78, 5) is 42.4. The first-order valence-corrected chi connectivity index (χ1v) is 14.8. The molecule has 0 unspecified atom stereocenters. The maximum Gasteiger partial charge on any atom is 0.255 e. The van der Waals surface area contributed by atoms with Gasteiger partial charge in [-0.25, -0.2) is 9.97 Å². The Morgan fingerprint density at radius 2 is 0.848 bits per heavy atom. The van der Waals surface area contributed by atoms with Crippen LogP contribution in [0.1, 0.15) is 43.5 Å². The van der Waals surface area contributed by atoms with Gasteiger partial charge in [0, 0.05) is 11.1 Å². The van der Waals surface area contributed by atoms with Gasteiger partial charge in [-0.05, 0) is 71.8 Å². The van der Waals surface area contributed by atoms with Gasteiger partial charge in [-0.2, -0.15) is 0 Å². The topological polar surface area (TPSA) is 116 Å². The zero-order chi connectivity index (χ0) is 31.3. The molecule has 8 nitrogen and oxygen atoms in total. The maximum atomic E-state index is 13.2. The largest absolute Gasteiger partial charge is 0.337 e. The normalized spacial score (nSPS) is 11.9. The summed E-state index contributed by atoms with van der Waals surface area (Å²) in [7, 11) is 0. The lowest BCUT2D eigenvalue weighted by atomic mass is 10.1. The highest BCUT2D eigenvalue weighted by Crippen LogP contribution is 2.22. The number of amides is 2. The number of hydrogen-bond acceptors (Lipinski definition) is 4.